The van der Waals surface area contributed by atoms with Crippen LogP contribution in [-0.4, -0.2) is 49.0 Å². The third-order valence-corrected chi connectivity index (χ3v) is 7.37. The fourth-order valence-electron chi connectivity index (χ4n) is 5.33. The highest BCUT2D eigenvalue weighted by molar-refractivity contribution is 6.03. The van der Waals surface area contributed by atoms with Crippen LogP contribution in [0.4, 0.5) is 23.1 Å². The molecule has 1 atom stereocenters. The molecule has 194 valence electrons. The minimum absolute atomic E-state index is 0.0256. The normalized spacial score (nSPS) is 17.3. The van der Waals surface area contributed by atoms with Crippen LogP contribution in [0.25, 0.3) is 0 Å². The van der Waals surface area contributed by atoms with Crippen LogP contribution in [-0.2, 0) is 6.42 Å². The van der Waals surface area contributed by atoms with E-state index in [2.05, 4.69) is 28.1 Å². The first-order chi connectivity index (χ1) is 18.6. The van der Waals surface area contributed by atoms with Gasteiger partial charge in [-0.2, -0.15) is 4.98 Å². The number of ether oxygens (including phenoxy) is 1. The Labute approximate surface area is 222 Å². The van der Waals surface area contributed by atoms with Crippen LogP contribution in [0, 0.1) is 6.92 Å². The van der Waals surface area contributed by atoms with Crippen molar-refractivity contribution in [3.63, 3.8) is 0 Å². The third kappa shape index (κ3) is 4.69. The molecule has 1 aliphatic carbocycles. The number of fused-ring (bicyclic) bond motifs is 1. The molecule has 1 fully saturated rings. The second-order valence-corrected chi connectivity index (χ2v) is 9.87. The molecule has 8 nitrogen and oxygen atoms in total. The standard InChI is InChI=1S/C30H31N5O3/c1-20-9-11-22(12-10-20)31-29-28-23(18-21(19-25(28)36)26-8-5-17-38-26)32-30(33-29)35-15-13-34(14-16-35)24-6-3-4-7-27(24)37-2/h3-12,17,21H,13-16,18-19H2,1-2H3,(H,31,32,33). The minimum atomic E-state index is -0.0256. The molecule has 38 heavy (non-hydrogen) atoms. The van der Waals surface area contributed by atoms with E-state index in [1.807, 2.05) is 54.6 Å². The number of methoxy groups -OCH3 is 1. The van der Waals surface area contributed by atoms with E-state index in [4.69, 9.17) is 19.1 Å². The lowest BCUT2D eigenvalue weighted by molar-refractivity contribution is 0.0959. The molecule has 1 saturated heterocycles. The van der Waals surface area contributed by atoms with Crippen molar-refractivity contribution in [3.05, 3.63) is 89.5 Å². The largest absolute Gasteiger partial charge is 0.495 e. The number of piperazine rings is 1. The molecule has 1 aliphatic heterocycles. The summed E-state index contributed by atoms with van der Waals surface area (Å²) >= 11 is 0. The average molecular weight is 510 g/mol. The van der Waals surface area contributed by atoms with Gasteiger partial charge in [0.25, 0.3) is 0 Å². The topological polar surface area (TPSA) is 83.7 Å². The van der Waals surface area contributed by atoms with E-state index in [-0.39, 0.29) is 11.7 Å². The van der Waals surface area contributed by atoms with Crippen molar-refractivity contribution in [2.75, 3.05) is 48.4 Å². The second kappa shape index (κ2) is 10.2. The van der Waals surface area contributed by atoms with Crippen LogP contribution in [0.3, 0.4) is 0 Å². The van der Waals surface area contributed by atoms with Gasteiger partial charge in [0, 0.05) is 50.6 Å². The van der Waals surface area contributed by atoms with Crippen LogP contribution in [0.1, 0.15) is 39.7 Å². The van der Waals surface area contributed by atoms with Crippen molar-refractivity contribution < 1.29 is 13.9 Å². The maximum atomic E-state index is 13.4. The zero-order valence-electron chi connectivity index (χ0n) is 21.7. The predicted molar refractivity (Wildman–Crippen MR) is 148 cm³/mol. The average Bonchev–Trinajstić information content (AvgIpc) is 3.49. The Morgan fingerprint density at radius 3 is 2.42 bits per heavy atom. The van der Waals surface area contributed by atoms with Gasteiger partial charge in [-0.25, -0.2) is 4.98 Å². The van der Waals surface area contributed by atoms with Gasteiger partial charge in [0.2, 0.25) is 5.95 Å². The number of aryl methyl sites for hydroxylation is 1. The van der Waals surface area contributed by atoms with E-state index in [9.17, 15) is 4.79 Å². The molecule has 1 N–H and O–H groups in total. The fourth-order valence-corrected chi connectivity index (χ4v) is 5.33. The van der Waals surface area contributed by atoms with Gasteiger partial charge in [-0.05, 0) is 43.3 Å². The van der Waals surface area contributed by atoms with Gasteiger partial charge in [0.05, 0.1) is 30.3 Å². The van der Waals surface area contributed by atoms with Gasteiger partial charge in [0.15, 0.2) is 5.78 Å². The number of hydrogen-bond donors (Lipinski definition) is 1. The first-order valence-corrected chi connectivity index (χ1v) is 13.0. The molecular weight excluding hydrogens is 478 g/mol. The van der Waals surface area contributed by atoms with Gasteiger partial charge >= 0.3 is 0 Å². The number of furan rings is 1. The number of nitrogens with one attached hydrogen (secondary N) is 1. The Morgan fingerprint density at radius 2 is 1.68 bits per heavy atom. The van der Waals surface area contributed by atoms with Crippen LogP contribution in [0.5, 0.6) is 5.75 Å². The van der Waals surface area contributed by atoms with E-state index in [0.717, 1.165) is 54.8 Å². The lowest BCUT2D eigenvalue weighted by Gasteiger charge is -2.37. The zero-order valence-corrected chi connectivity index (χ0v) is 21.7. The molecule has 1 unspecified atom stereocenters. The number of carbonyl (C=O) groups is 1. The van der Waals surface area contributed by atoms with Crippen molar-refractivity contribution in [3.8, 4) is 5.75 Å². The number of carbonyl (C=O) groups excluding carboxylic acids is 1. The summed E-state index contributed by atoms with van der Waals surface area (Å²) in [5.41, 5.74) is 4.52. The second-order valence-electron chi connectivity index (χ2n) is 9.87. The van der Waals surface area contributed by atoms with E-state index in [1.54, 1.807) is 13.4 Å². The molecule has 0 radical (unpaired) electrons. The number of hydrogen-bond acceptors (Lipinski definition) is 8. The molecule has 2 aromatic carbocycles. The highest BCUT2D eigenvalue weighted by Crippen LogP contribution is 2.37. The van der Waals surface area contributed by atoms with E-state index < -0.39 is 0 Å². The molecule has 0 spiro atoms. The van der Waals surface area contributed by atoms with E-state index in [0.29, 0.717) is 30.2 Å². The summed E-state index contributed by atoms with van der Waals surface area (Å²) in [6, 6.07) is 20.0. The maximum absolute atomic E-state index is 13.4. The van der Waals surface area contributed by atoms with Gasteiger partial charge < -0.3 is 24.3 Å². The Balaban J connectivity index is 1.31. The molecule has 0 bridgehead atoms. The molecule has 2 aliphatic rings. The van der Waals surface area contributed by atoms with Crippen LogP contribution >= 0.6 is 0 Å². The Hall–Kier alpha value is -4.33. The summed E-state index contributed by atoms with van der Waals surface area (Å²) in [6.07, 6.45) is 2.67. The number of rotatable bonds is 6. The number of para-hydroxylation sites is 2. The number of ketones is 1. The Kier molecular flexibility index (Phi) is 6.45. The van der Waals surface area contributed by atoms with Gasteiger partial charge in [0.1, 0.15) is 17.3 Å². The number of nitrogens with zero attached hydrogens (tertiary/aromatic N) is 4. The summed E-state index contributed by atoms with van der Waals surface area (Å²) in [5, 5.41) is 3.42. The van der Waals surface area contributed by atoms with Crippen molar-refractivity contribution in [2.45, 2.75) is 25.7 Å². The fraction of sp³-hybridized carbons (Fsp3) is 0.300. The van der Waals surface area contributed by atoms with Crippen molar-refractivity contribution >= 4 is 28.9 Å². The van der Waals surface area contributed by atoms with Crippen LogP contribution in [0.15, 0.2) is 71.3 Å². The lowest BCUT2D eigenvalue weighted by atomic mass is 9.84. The Bertz CT molecular complexity index is 1430. The predicted octanol–water partition coefficient (Wildman–Crippen LogP) is 5.37. The molecular formula is C30H31N5O3. The van der Waals surface area contributed by atoms with E-state index >= 15 is 0 Å². The molecule has 2 aromatic heterocycles. The maximum Gasteiger partial charge on any atom is 0.227 e. The highest BCUT2D eigenvalue weighted by atomic mass is 16.5. The van der Waals surface area contributed by atoms with Crippen molar-refractivity contribution in [2.24, 2.45) is 0 Å². The van der Waals surface area contributed by atoms with Gasteiger partial charge in [-0.3, -0.25) is 4.79 Å². The van der Waals surface area contributed by atoms with E-state index in [1.165, 1.54) is 5.56 Å². The summed E-state index contributed by atoms with van der Waals surface area (Å²) in [7, 11) is 1.70. The quantitative estimate of drug-likeness (QED) is 0.371. The Morgan fingerprint density at radius 1 is 0.921 bits per heavy atom. The number of Topliss-reactive ketones (excluding diaryl/α,β-unsaturated/α-hetero) is 1. The van der Waals surface area contributed by atoms with Gasteiger partial charge in [-0.15, -0.1) is 0 Å². The highest BCUT2D eigenvalue weighted by Gasteiger charge is 2.33. The summed E-state index contributed by atoms with van der Waals surface area (Å²) in [5.74, 6) is 2.92. The summed E-state index contributed by atoms with van der Waals surface area (Å²) < 4.78 is 11.2. The first kappa shape index (κ1) is 24.0. The van der Waals surface area contributed by atoms with Crippen LogP contribution < -0.4 is 19.9 Å². The number of aromatic nitrogens is 2. The molecule has 4 aromatic rings. The number of anilines is 4. The monoisotopic (exact) mass is 509 g/mol. The molecule has 3 heterocycles. The van der Waals surface area contributed by atoms with Crippen molar-refractivity contribution in [1.82, 2.24) is 9.97 Å². The minimum Gasteiger partial charge on any atom is -0.495 e. The molecule has 6 rings (SSSR count). The molecule has 8 heteroatoms. The lowest BCUT2D eigenvalue weighted by Crippen LogP contribution is -2.47. The SMILES string of the molecule is COc1ccccc1N1CCN(c2nc3c(c(Nc4ccc(C)cc4)n2)C(=O)CC(c2ccco2)C3)CC1. The first-order valence-electron chi connectivity index (χ1n) is 13.0. The molecule has 0 amide bonds. The zero-order chi connectivity index (χ0) is 26.1. The summed E-state index contributed by atoms with van der Waals surface area (Å²) in [6.45, 7) is 5.20. The smallest absolute Gasteiger partial charge is 0.227 e. The molecule has 0 saturated carbocycles. The van der Waals surface area contributed by atoms with Gasteiger partial charge in [-0.1, -0.05) is 29.8 Å². The van der Waals surface area contributed by atoms with Crippen molar-refractivity contribution in [1.29, 1.82) is 0 Å². The van der Waals surface area contributed by atoms with Crippen LogP contribution in [0.2, 0.25) is 0 Å². The number of benzene rings is 2. The summed E-state index contributed by atoms with van der Waals surface area (Å²) in [4.78, 5) is 27.8. The third-order valence-electron chi connectivity index (χ3n) is 7.37.